The number of hydrogen-bond donors (Lipinski definition) is 0. The standard InChI is InChI=1S/C17H19N5/c1-21-16(8-9-19-21)13-5-4-10-22(12-13)17-11-18-14-6-2-3-7-15(14)20-17/h2-3,6-9,11,13H,4-5,10,12H2,1H3. The molecule has 3 aromatic rings. The van der Waals surface area contributed by atoms with Crippen LogP contribution in [0.1, 0.15) is 24.5 Å². The highest BCUT2D eigenvalue weighted by molar-refractivity contribution is 5.75. The van der Waals surface area contributed by atoms with E-state index in [0.717, 1.165) is 29.9 Å². The fourth-order valence-corrected chi connectivity index (χ4v) is 3.31. The molecule has 0 spiro atoms. The third kappa shape index (κ3) is 2.32. The Kier molecular flexibility index (Phi) is 3.25. The van der Waals surface area contributed by atoms with Crippen LogP contribution in [0.2, 0.25) is 0 Å². The average molecular weight is 293 g/mol. The van der Waals surface area contributed by atoms with Crippen LogP contribution < -0.4 is 4.90 Å². The molecule has 1 aliphatic rings. The lowest BCUT2D eigenvalue weighted by molar-refractivity contribution is 0.481. The second kappa shape index (κ2) is 5.40. The Morgan fingerprint density at radius 1 is 1.14 bits per heavy atom. The zero-order valence-corrected chi connectivity index (χ0v) is 12.7. The lowest BCUT2D eigenvalue weighted by Crippen LogP contribution is -2.35. The van der Waals surface area contributed by atoms with Crippen molar-refractivity contribution in [2.24, 2.45) is 7.05 Å². The van der Waals surface area contributed by atoms with Gasteiger partial charge in [-0.15, -0.1) is 0 Å². The lowest BCUT2D eigenvalue weighted by atomic mass is 9.95. The maximum absolute atomic E-state index is 4.78. The van der Waals surface area contributed by atoms with Gasteiger partial charge in [-0.25, -0.2) is 4.98 Å². The quantitative estimate of drug-likeness (QED) is 0.729. The minimum Gasteiger partial charge on any atom is -0.355 e. The number of rotatable bonds is 2. The topological polar surface area (TPSA) is 46.8 Å². The number of anilines is 1. The van der Waals surface area contributed by atoms with Crippen LogP contribution in [-0.2, 0) is 7.05 Å². The smallest absolute Gasteiger partial charge is 0.147 e. The van der Waals surface area contributed by atoms with Crippen LogP contribution in [0, 0.1) is 0 Å². The van der Waals surface area contributed by atoms with Crippen molar-refractivity contribution in [3.05, 3.63) is 48.4 Å². The van der Waals surface area contributed by atoms with Gasteiger partial charge in [0.05, 0.1) is 17.2 Å². The van der Waals surface area contributed by atoms with E-state index in [0.29, 0.717) is 5.92 Å². The van der Waals surface area contributed by atoms with Crippen molar-refractivity contribution in [3.8, 4) is 0 Å². The molecule has 0 amide bonds. The van der Waals surface area contributed by atoms with Crippen molar-refractivity contribution in [2.75, 3.05) is 18.0 Å². The summed E-state index contributed by atoms with van der Waals surface area (Å²) in [6.07, 6.45) is 6.15. The molecule has 1 aromatic carbocycles. The Bertz CT molecular complexity index is 794. The molecule has 0 N–H and O–H groups in total. The van der Waals surface area contributed by atoms with Crippen LogP contribution in [0.25, 0.3) is 11.0 Å². The third-order valence-corrected chi connectivity index (χ3v) is 4.46. The Hall–Kier alpha value is -2.43. The highest BCUT2D eigenvalue weighted by Crippen LogP contribution is 2.29. The molecule has 2 aromatic heterocycles. The summed E-state index contributed by atoms with van der Waals surface area (Å²) in [6.45, 7) is 2.02. The fourth-order valence-electron chi connectivity index (χ4n) is 3.31. The van der Waals surface area contributed by atoms with Gasteiger partial charge in [-0.1, -0.05) is 12.1 Å². The number of aryl methyl sites for hydroxylation is 1. The van der Waals surface area contributed by atoms with Crippen molar-refractivity contribution >= 4 is 16.9 Å². The molecule has 3 heterocycles. The number of aromatic nitrogens is 4. The van der Waals surface area contributed by atoms with Gasteiger partial charge in [-0.05, 0) is 31.0 Å². The number of hydrogen-bond acceptors (Lipinski definition) is 4. The van der Waals surface area contributed by atoms with E-state index in [1.54, 1.807) is 0 Å². The van der Waals surface area contributed by atoms with E-state index in [1.807, 2.05) is 48.4 Å². The molecule has 22 heavy (non-hydrogen) atoms. The van der Waals surface area contributed by atoms with Gasteiger partial charge in [0.15, 0.2) is 0 Å². The van der Waals surface area contributed by atoms with Gasteiger partial charge in [-0.2, -0.15) is 5.10 Å². The second-order valence-corrected chi connectivity index (χ2v) is 5.88. The Morgan fingerprint density at radius 2 is 2.00 bits per heavy atom. The number of para-hydroxylation sites is 2. The SMILES string of the molecule is Cn1nccc1C1CCCN(c2cnc3ccccc3n2)C1. The summed E-state index contributed by atoms with van der Waals surface area (Å²) in [5, 5.41) is 4.30. The normalized spacial score (nSPS) is 18.8. The van der Waals surface area contributed by atoms with Crippen LogP contribution in [0.4, 0.5) is 5.82 Å². The van der Waals surface area contributed by atoms with Crippen LogP contribution in [0.15, 0.2) is 42.7 Å². The summed E-state index contributed by atoms with van der Waals surface area (Å²) in [4.78, 5) is 11.7. The van der Waals surface area contributed by atoms with E-state index in [4.69, 9.17) is 4.98 Å². The molecule has 1 unspecified atom stereocenters. The number of fused-ring (bicyclic) bond motifs is 1. The number of nitrogens with zero attached hydrogens (tertiary/aromatic N) is 5. The van der Waals surface area contributed by atoms with Gasteiger partial charge in [0.1, 0.15) is 5.82 Å². The maximum Gasteiger partial charge on any atom is 0.147 e. The van der Waals surface area contributed by atoms with E-state index in [-0.39, 0.29) is 0 Å². The summed E-state index contributed by atoms with van der Waals surface area (Å²) in [7, 11) is 2.02. The molecule has 1 saturated heterocycles. The van der Waals surface area contributed by atoms with Gasteiger partial charge in [-0.3, -0.25) is 9.67 Å². The van der Waals surface area contributed by atoms with Gasteiger partial charge in [0.25, 0.3) is 0 Å². The summed E-state index contributed by atoms with van der Waals surface area (Å²) in [6, 6.07) is 10.2. The van der Waals surface area contributed by atoms with Gasteiger partial charge in [0.2, 0.25) is 0 Å². The van der Waals surface area contributed by atoms with Gasteiger partial charge < -0.3 is 4.90 Å². The highest BCUT2D eigenvalue weighted by atomic mass is 15.3. The summed E-state index contributed by atoms with van der Waals surface area (Å²) in [5.74, 6) is 1.49. The van der Waals surface area contributed by atoms with E-state index in [9.17, 15) is 0 Å². The number of benzene rings is 1. The minimum atomic E-state index is 0.509. The zero-order chi connectivity index (χ0) is 14.9. The molecule has 0 radical (unpaired) electrons. The van der Waals surface area contributed by atoms with Crippen LogP contribution in [0.3, 0.4) is 0 Å². The number of piperidine rings is 1. The third-order valence-electron chi connectivity index (χ3n) is 4.46. The summed E-state index contributed by atoms with van der Waals surface area (Å²) >= 11 is 0. The minimum absolute atomic E-state index is 0.509. The first-order valence-electron chi connectivity index (χ1n) is 7.76. The van der Waals surface area contributed by atoms with Crippen molar-refractivity contribution in [3.63, 3.8) is 0 Å². The molecule has 0 bridgehead atoms. The van der Waals surface area contributed by atoms with E-state index in [1.165, 1.54) is 18.5 Å². The van der Waals surface area contributed by atoms with Crippen molar-refractivity contribution < 1.29 is 0 Å². The fraction of sp³-hybridized carbons (Fsp3) is 0.353. The van der Waals surface area contributed by atoms with Crippen molar-refractivity contribution in [1.82, 2.24) is 19.7 Å². The molecule has 4 rings (SSSR count). The van der Waals surface area contributed by atoms with E-state index in [2.05, 4.69) is 21.0 Å². The first kappa shape index (κ1) is 13.2. The van der Waals surface area contributed by atoms with Crippen LogP contribution in [-0.4, -0.2) is 32.8 Å². The monoisotopic (exact) mass is 293 g/mol. The van der Waals surface area contributed by atoms with Crippen molar-refractivity contribution in [1.29, 1.82) is 0 Å². The van der Waals surface area contributed by atoms with E-state index >= 15 is 0 Å². The van der Waals surface area contributed by atoms with Crippen LogP contribution >= 0.6 is 0 Å². The Morgan fingerprint density at radius 3 is 2.82 bits per heavy atom. The molecule has 1 fully saturated rings. The molecular weight excluding hydrogens is 274 g/mol. The molecule has 112 valence electrons. The van der Waals surface area contributed by atoms with E-state index < -0.39 is 0 Å². The summed E-state index contributed by atoms with van der Waals surface area (Å²) in [5.41, 5.74) is 3.22. The summed E-state index contributed by atoms with van der Waals surface area (Å²) < 4.78 is 1.99. The van der Waals surface area contributed by atoms with Crippen LogP contribution in [0.5, 0.6) is 0 Å². The Labute approximate surface area is 129 Å². The first-order valence-corrected chi connectivity index (χ1v) is 7.76. The maximum atomic E-state index is 4.78. The zero-order valence-electron chi connectivity index (χ0n) is 12.7. The largest absolute Gasteiger partial charge is 0.355 e. The van der Waals surface area contributed by atoms with Gasteiger partial charge >= 0.3 is 0 Å². The molecule has 0 saturated carbocycles. The first-order chi connectivity index (χ1) is 10.8. The lowest BCUT2D eigenvalue weighted by Gasteiger charge is -2.33. The Balaban J connectivity index is 1.62. The average Bonchev–Trinajstić information content (AvgIpc) is 3.00. The molecule has 1 atom stereocenters. The van der Waals surface area contributed by atoms with Gasteiger partial charge in [0, 0.05) is 37.9 Å². The predicted octanol–water partition coefficient (Wildman–Crippen LogP) is 2.75. The molecule has 1 aliphatic heterocycles. The predicted molar refractivity (Wildman–Crippen MR) is 86.9 cm³/mol. The molecular formula is C17H19N5. The van der Waals surface area contributed by atoms with Crippen molar-refractivity contribution in [2.45, 2.75) is 18.8 Å². The molecule has 0 aliphatic carbocycles. The highest BCUT2D eigenvalue weighted by Gasteiger charge is 2.24. The molecule has 5 heteroatoms. The second-order valence-electron chi connectivity index (χ2n) is 5.88. The molecule has 5 nitrogen and oxygen atoms in total.